The quantitative estimate of drug-likeness (QED) is 0.571. The van der Waals surface area contributed by atoms with E-state index in [1.54, 1.807) is 0 Å². The van der Waals surface area contributed by atoms with Gasteiger partial charge in [0.15, 0.2) is 0 Å². The van der Waals surface area contributed by atoms with E-state index in [2.05, 4.69) is 89.9 Å². The molecule has 0 aliphatic carbocycles. The minimum Gasteiger partial charge on any atom is -0.383 e. The summed E-state index contributed by atoms with van der Waals surface area (Å²) in [4.78, 5) is 2.40. The summed E-state index contributed by atoms with van der Waals surface area (Å²) >= 11 is 0. The van der Waals surface area contributed by atoms with Crippen molar-refractivity contribution in [1.29, 1.82) is 0 Å². The Morgan fingerprint density at radius 2 is 1.32 bits per heavy atom. The molecule has 2 heterocycles. The van der Waals surface area contributed by atoms with Crippen LogP contribution in [0.25, 0.3) is 17.2 Å². The third kappa shape index (κ3) is 1.50. The SMILES string of the molecule is C1=CN2B(c3ccccc31)c1ccccc1-c1ccccc12. The Labute approximate surface area is 130 Å². The minimum absolute atomic E-state index is 0.271. The van der Waals surface area contributed by atoms with Gasteiger partial charge in [0.25, 0.3) is 0 Å². The van der Waals surface area contributed by atoms with Crippen molar-refractivity contribution in [3.8, 4) is 11.1 Å². The van der Waals surface area contributed by atoms with Gasteiger partial charge in [-0.05, 0) is 40.4 Å². The van der Waals surface area contributed by atoms with Gasteiger partial charge in [0.1, 0.15) is 0 Å². The van der Waals surface area contributed by atoms with Gasteiger partial charge < -0.3 is 4.81 Å². The zero-order chi connectivity index (χ0) is 14.5. The van der Waals surface area contributed by atoms with Crippen LogP contribution in [0.2, 0.25) is 0 Å². The van der Waals surface area contributed by atoms with Gasteiger partial charge in [-0.2, -0.15) is 0 Å². The third-order valence-corrected chi connectivity index (χ3v) is 4.71. The number of fused-ring (bicyclic) bond motifs is 8. The summed E-state index contributed by atoms with van der Waals surface area (Å²) in [7, 11) is 0. The van der Waals surface area contributed by atoms with Gasteiger partial charge in [0.2, 0.25) is 0 Å². The Balaban J connectivity index is 1.86. The van der Waals surface area contributed by atoms with Crippen LogP contribution in [0, 0.1) is 0 Å². The lowest BCUT2D eigenvalue weighted by molar-refractivity contribution is 1.36. The van der Waals surface area contributed by atoms with Gasteiger partial charge in [-0.3, -0.25) is 0 Å². The van der Waals surface area contributed by atoms with Crippen LogP contribution >= 0.6 is 0 Å². The van der Waals surface area contributed by atoms with Crippen LogP contribution in [-0.4, -0.2) is 6.85 Å². The smallest absolute Gasteiger partial charge is 0.328 e. The van der Waals surface area contributed by atoms with Crippen LogP contribution in [0.3, 0.4) is 0 Å². The van der Waals surface area contributed by atoms with Crippen LogP contribution in [0.1, 0.15) is 5.56 Å². The maximum Gasteiger partial charge on any atom is 0.328 e. The Bertz CT molecular complexity index is 913. The molecule has 2 heteroatoms. The van der Waals surface area contributed by atoms with Gasteiger partial charge in [-0.25, -0.2) is 0 Å². The van der Waals surface area contributed by atoms with Crippen molar-refractivity contribution in [3.05, 3.63) is 84.6 Å². The fourth-order valence-corrected chi connectivity index (χ4v) is 3.75. The molecule has 5 rings (SSSR count). The van der Waals surface area contributed by atoms with E-state index in [0.717, 1.165) is 0 Å². The lowest BCUT2D eigenvalue weighted by Gasteiger charge is -2.39. The summed E-state index contributed by atoms with van der Waals surface area (Å²) in [5, 5.41) is 0. The lowest BCUT2D eigenvalue weighted by atomic mass is 9.44. The van der Waals surface area contributed by atoms with E-state index in [0.29, 0.717) is 0 Å². The van der Waals surface area contributed by atoms with Crippen molar-refractivity contribution in [2.24, 2.45) is 0 Å². The lowest BCUT2D eigenvalue weighted by Crippen LogP contribution is -2.59. The molecular formula is C20H14BN. The summed E-state index contributed by atoms with van der Waals surface area (Å²) in [5.74, 6) is 0. The number of hydrogen-bond acceptors (Lipinski definition) is 1. The molecule has 0 spiro atoms. The average molecular weight is 279 g/mol. The second kappa shape index (κ2) is 4.38. The van der Waals surface area contributed by atoms with Crippen molar-refractivity contribution in [2.45, 2.75) is 0 Å². The molecule has 0 aromatic heterocycles. The van der Waals surface area contributed by atoms with Gasteiger partial charge >= 0.3 is 6.85 Å². The minimum atomic E-state index is 0.271. The summed E-state index contributed by atoms with van der Waals surface area (Å²) in [6.07, 6.45) is 4.44. The molecule has 0 unspecified atom stereocenters. The Hall–Kier alpha value is -2.74. The first-order chi connectivity index (χ1) is 10.9. The van der Waals surface area contributed by atoms with Gasteiger partial charge in [-0.15, -0.1) is 0 Å². The van der Waals surface area contributed by atoms with E-state index < -0.39 is 0 Å². The van der Waals surface area contributed by atoms with E-state index in [-0.39, 0.29) is 6.85 Å². The highest BCUT2D eigenvalue weighted by molar-refractivity contribution is 6.91. The van der Waals surface area contributed by atoms with E-state index in [9.17, 15) is 0 Å². The van der Waals surface area contributed by atoms with Crippen molar-refractivity contribution in [1.82, 2.24) is 0 Å². The summed E-state index contributed by atoms with van der Waals surface area (Å²) < 4.78 is 0. The first kappa shape index (κ1) is 11.9. The first-order valence-electron chi connectivity index (χ1n) is 7.67. The molecule has 22 heavy (non-hydrogen) atoms. The second-order valence-corrected chi connectivity index (χ2v) is 5.86. The van der Waals surface area contributed by atoms with Gasteiger partial charge in [0.05, 0.1) is 0 Å². The van der Waals surface area contributed by atoms with Crippen molar-refractivity contribution in [3.63, 3.8) is 0 Å². The van der Waals surface area contributed by atoms with Crippen LogP contribution in [0.15, 0.2) is 79.0 Å². The molecule has 3 aromatic carbocycles. The number of hydrogen-bond donors (Lipinski definition) is 0. The van der Waals surface area contributed by atoms with Crippen LogP contribution in [0.4, 0.5) is 5.69 Å². The zero-order valence-corrected chi connectivity index (χ0v) is 12.1. The molecule has 0 atom stereocenters. The van der Waals surface area contributed by atoms with E-state index >= 15 is 0 Å². The highest BCUT2D eigenvalue weighted by Gasteiger charge is 2.37. The molecule has 0 fully saturated rings. The molecule has 1 nitrogen and oxygen atoms in total. The fraction of sp³-hybridized carbons (Fsp3) is 0. The number of rotatable bonds is 0. The number of para-hydroxylation sites is 1. The van der Waals surface area contributed by atoms with E-state index in [1.807, 2.05) is 0 Å². The van der Waals surface area contributed by atoms with Gasteiger partial charge in [-0.1, -0.05) is 66.7 Å². The number of benzene rings is 3. The molecule has 0 saturated carbocycles. The molecule has 0 amide bonds. The fourth-order valence-electron chi connectivity index (χ4n) is 3.75. The highest BCUT2D eigenvalue weighted by atomic mass is 15.1. The largest absolute Gasteiger partial charge is 0.383 e. The van der Waals surface area contributed by atoms with Crippen molar-refractivity contribution in [2.75, 3.05) is 4.81 Å². The monoisotopic (exact) mass is 279 g/mol. The molecule has 0 N–H and O–H groups in total. The molecule has 0 saturated heterocycles. The summed E-state index contributed by atoms with van der Waals surface area (Å²) in [6.45, 7) is 0.271. The average Bonchev–Trinajstić information content (AvgIpc) is 2.61. The summed E-state index contributed by atoms with van der Waals surface area (Å²) in [5.41, 5.74) is 8.04. The maximum atomic E-state index is 2.40. The molecule has 102 valence electrons. The Kier molecular flexibility index (Phi) is 2.36. The molecule has 2 aliphatic rings. The normalized spacial score (nSPS) is 14.0. The van der Waals surface area contributed by atoms with Crippen molar-refractivity contribution >= 4 is 29.5 Å². The predicted molar refractivity (Wildman–Crippen MR) is 94.9 cm³/mol. The highest BCUT2D eigenvalue weighted by Crippen LogP contribution is 2.36. The van der Waals surface area contributed by atoms with Crippen LogP contribution in [-0.2, 0) is 0 Å². The maximum absolute atomic E-state index is 2.40. The Morgan fingerprint density at radius 1 is 0.636 bits per heavy atom. The van der Waals surface area contributed by atoms with E-state index in [1.165, 1.54) is 33.3 Å². The van der Waals surface area contributed by atoms with E-state index in [4.69, 9.17) is 0 Å². The molecule has 0 bridgehead atoms. The molecule has 0 radical (unpaired) electrons. The topological polar surface area (TPSA) is 3.24 Å². The number of nitrogens with zero attached hydrogens (tertiary/aromatic N) is 1. The van der Waals surface area contributed by atoms with Crippen LogP contribution in [0.5, 0.6) is 0 Å². The van der Waals surface area contributed by atoms with Gasteiger partial charge in [0, 0.05) is 11.3 Å². The summed E-state index contributed by atoms with van der Waals surface area (Å²) in [6, 6.07) is 26.2. The Morgan fingerprint density at radius 3 is 2.23 bits per heavy atom. The predicted octanol–water partition coefficient (Wildman–Crippen LogP) is 3.26. The molecule has 3 aromatic rings. The van der Waals surface area contributed by atoms with Crippen LogP contribution < -0.4 is 15.7 Å². The number of anilines is 1. The zero-order valence-electron chi connectivity index (χ0n) is 12.1. The first-order valence-corrected chi connectivity index (χ1v) is 7.67. The standard InChI is InChI=1S/C20H14BN/c1-4-10-18-15(7-1)13-14-22-20-12-6-3-9-17(20)16-8-2-5-11-19(16)21(18)22/h1-14H. The second-order valence-electron chi connectivity index (χ2n) is 5.86. The molecule has 2 aliphatic heterocycles. The third-order valence-electron chi connectivity index (χ3n) is 4.71. The van der Waals surface area contributed by atoms with Crippen molar-refractivity contribution < 1.29 is 0 Å². The molecular weight excluding hydrogens is 265 g/mol.